The topological polar surface area (TPSA) is 100.0 Å². The van der Waals surface area contributed by atoms with Crippen LogP contribution in [0.25, 0.3) is 21.9 Å². The van der Waals surface area contributed by atoms with Crippen LogP contribution in [0.15, 0.2) is 78.9 Å². The Morgan fingerprint density at radius 2 is 1.59 bits per heavy atom. The third kappa shape index (κ3) is 7.84. The first-order valence-electron chi connectivity index (χ1n) is 17.6. The molecule has 1 aliphatic heterocycles. The maximum absolute atomic E-state index is 14.6. The summed E-state index contributed by atoms with van der Waals surface area (Å²) < 4.78 is 18.6. The highest BCUT2D eigenvalue weighted by Gasteiger charge is 2.38. The number of amides is 2. The van der Waals surface area contributed by atoms with E-state index in [2.05, 4.69) is 28.8 Å². The molecule has 0 aliphatic carbocycles. The zero-order valence-electron chi connectivity index (χ0n) is 30.4. The van der Waals surface area contributed by atoms with Gasteiger partial charge in [-0.15, -0.1) is 0 Å². The molecule has 0 spiro atoms. The number of para-hydroxylation sites is 1. The summed E-state index contributed by atoms with van der Waals surface area (Å²) in [6.07, 6.45) is 0.955. The van der Waals surface area contributed by atoms with E-state index < -0.39 is 17.6 Å². The molecule has 0 saturated carbocycles. The third-order valence-electron chi connectivity index (χ3n) is 9.78. The monoisotopic (exact) mass is 689 g/mol. The number of pyridine rings is 1. The lowest BCUT2D eigenvalue weighted by molar-refractivity contribution is -0.140. The number of imide groups is 1. The third-order valence-corrected chi connectivity index (χ3v) is 9.78. The van der Waals surface area contributed by atoms with Gasteiger partial charge in [0.05, 0.1) is 31.5 Å². The number of rotatable bonds is 9. The van der Waals surface area contributed by atoms with Crippen molar-refractivity contribution in [2.24, 2.45) is 5.92 Å². The van der Waals surface area contributed by atoms with Gasteiger partial charge in [0.25, 0.3) is 0 Å². The summed E-state index contributed by atoms with van der Waals surface area (Å²) >= 11 is 0. The lowest BCUT2D eigenvalue weighted by Crippen LogP contribution is -2.44. The number of aromatic nitrogens is 2. The average Bonchev–Trinajstić information content (AvgIpc) is 3.42. The molecular weight excluding hydrogens is 642 g/mol. The van der Waals surface area contributed by atoms with Crippen LogP contribution < -0.4 is 0 Å². The van der Waals surface area contributed by atoms with E-state index in [1.54, 1.807) is 20.8 Å². The van der Waals surface area contributed by atoms with Crippen LogP contribution in [0.2, 0.25) is 0 Å². The summed E-state index contributed by atoms with van der Waals surface area (Å²) in [6.45, 7) is 11.2. The number of carbonyl (C=O) groups excluding carboxylic acids is 3. The summed E-state index contributed by atoms with van der Waals surface area (Å²) in [7, 11) is 1.40. The first kappa shape index (κ1) is 35.8. The Bertz CT molecular complexity index is 2040. The molecule has 1 fully saturated rings. The molecule has 5 aromatic rings. The fraction of sp³-hybridized carbons (Fsp3) is 0.381. The molecule has 9 heteroatoms. The van der Waals surface area contributed by atoms with Crippen LogP contribution in [0.1, 0.15) is 73.0 Å². The van der Waals surface area contributed by atoms with Gasteiger partial charge in [0, 0.05) is 36.2 Å². The predicted molar refractivity (Wildman–Crippen MR) is 197 cm³/mol. The molecule has 0 bridgehead atoms. The largest absolute Gasteiger partial charge is 0.469 e. The molecule has 1 aliphatic rings. The number of nitrogens with zero attached hydrogens (tertiary/aromatic N) is 3. The maximum atomic E-state index is 14.6. The van der Waals surface area contributed by atoms with E-state index in [4.69, 9.17) is 19.2 Å². The minimum atomic E-state index is -0.760. The number of hydrogen-bond donors (Lipinski definition) is 0. The summed E-state index contributed by atoms with van der Waals surface area (Å²) in [5.41, 5.74) is 6.60. The fourth-order valence-electron chi connectivity index (χ4n) is 7.22. The Morgan fingerprint density at radius 1 is 0.922 bits per heavy atom. The van der Waals surface area contributed by atoms with Crippen LogP contribution in [-0.4, -0.2) is 58.3 Å². The van der Waals surface area contributed by atoms with E-state index in [-0.39, 0.29) is 30.8 Å². The van der Waals surface area contributed by atoms with Gasteiger partial charge in [0.15, 0.2) is 0 Å². The zero-order valence-corrected chi connectivity index (χ0v) is 30.4. The van der Waals surface area contributed by atoms with Gasteiger partial charge in [-0.25, -0.2) is 14.7 Å². The number of ether oxygens (including phenoxy) is 3. The van der Waals surface area contributed by atoms with Crippen molar-refractivity contribution in [3.05, 3.63) is 112 Å². The van der Waals surface area contributed by atoms with Crippen LogP contribution in [0, 0.1) is 19.8 Å². The maximum Gasteiger partial charge on any atom is 0.417 e. The van der Waals surface area contributed by atoms with Gasteiger partial charge in [-0.3, -0.25) is 9.59 Å². The Labute approximate surface area is 299 Å². The number of esters is 1. The van der Waals surface area contributed by atoms with Crippen molar-refractivity contribution >= 4 is 39.9 Å². The molecular formula is C42H47N3O6. The standard InChI is InChI=1S/C42H47N3O6/c1-27-34(24-36(46)49-6)28(2)43-39-37(27)33-14-10-11-15-35(33)44(39)25-30-16-18-31(19-17-30)38(32-20-22-50-23-21-32)40(47)45(41(48)51-42(3,4)5)26-29-12-8-7-9-13-29/h7-19,32,38H,20-26H2,1-6H3. The smallest absolute Gasteiger partial charge is 0.417 e. The minimum absolute atomic E-state index is 0.00415. The summed E-state index contributed by atoms with van der Waals surface area (Å²) in [5.74, 6) is -1.11. The lowest BCUT2D eigenvalue weighted by Gasteiger charge is -2.34. The molecule has 1 unspecified atom stereocenters. The molecule has 3 aromatic carbocycles. The molecule has 6 rings (SSSR count). The van der Waals surface area contributed by atoms with Gasteiger partial charge in [0.2, 0.25) is 5.91 Å². The van der Waals surface area contributed by atoms with E-state index >= 15 is 0 Å². The Morgan fingerprint density at radius 3 is 2.25 bits per heavy atom. The van der Waals surface area contributed by atoms with E-state index in [9.17, 15) is 14.4 Å². The molecule has 1 atom stereocenters. The quantitative estimate of drug-likeness (QED) is 0.144. The van der Waals surface area contributed by atoms with Crippen molar-refractivity contribution in [1.29, 1.82) is 0 Å². The Balaban J connectivity index is 1.36. The number of hydrogen-bond acceptors (Lipinski definition) is 7. The van der Waals surface area contributed by atoms with Crippen LogP contribution in [-0.2, 0) is 43.3 Å². The molecule has 9 nitrogen and oxygen atoms in total. The van der Waals surface area contributed by atoms with Crippen molar-refractivity contribution in [3.63, 3.8) is 0 Å². The molecule has 2 aromatic heterocycles. The van der Waals surface area contributed by atoms with Gasteiger partial charge in [-0.05, 0) is 87.3 Å². The predicted octanol–water partition coefficient (Wildman–Crippen LogP) is 8.04. The van der Waals surface area contributed by atoms with Crippen molar-refractivity contribution in [2.75, 3.05) is 20.3 Å². The number of methoxy groups -OCH3 is 1. The highest BCUT2D eigenvalue weighted by atomic mass is 16.6. The molecule has 0 radical (unpaired) electrons. The second-order valence-electron chi connectivity index (χ2n) is 14.4. The van der Waals surface area contributed by atoms with Gasteiger partial charge < -0.3 is 18.8 Å². The van der Waals surface area contributed by atoms with E-state index in [0.717, 1.165) is 68.3 Å². The van der Waals surface area contributed by atoms with Crippen molar-refractivity contribution in [2.45, 2.75) is 78.5 Å². The summed E-state index contributed by atoms with van der Waals surface area (Å²) in [6, 6.07) is 25.9. The first-order valence-corrected chi connectivity index (χ1v) is 17.6. The minimum Gasteiger partial charge on any atom is -0.469 e. The fourth-order valence-corrected chi connectivity index (χ4v) is 7.22. The summed E-state index contributed by atoms with van der Waals surface area (Å²) in [4.78, 5) is 46.8. The van der Waals surface area contributed by atoms with Gasteiger partial charge >= 0.3 is 12.1 Å². The molecule has 266 valence electrons. The highest BCUT2D eigenvalue weighted by molar-refractivity contribution is 6.09. The van der Waals surface area contributed by atoms with Gasteiger partial charge in [-0.1, -0.05) is 72.8 Å². The first-order chi connectivity index (χ1) is 24.4. The number of carbonyl (C=O) groups is 3. The van der Waals surface area contributed by atoms with Crippen LogP contribution in [0.5, 0.6) is 0 Å². The number of benzene rings is 3. The number of fused-ring (bicyclic) bond motifs is 3. The second kappa shape index (κ2) is 15.1. The zero-order chi connectivity index (χ0) is 36.3. The second-order valence-corrected chi connectivity index (χ2v) is 14.4. The van der Waals surface area contributed by atoms with Crippen LogP contribution in [0.3, 0.4) is 0 Å². The molecule has 1 saturated heterocycles. The SMILES string of the molecule is COC(=O)Cc1c(C)nc2c(c1C)c1ccccc1n2Cc1ccc(C(C(=O)N(Cc2ccccc2)C(=O)OC(C)(C)C)C2CCOCC2)cc1. The van der Waals surface area contributed by atoms with E-state index in [1.165, 1.54) is 12.0 Å². The molecule has 2 amide bonds. The normalized spacial score (nSPS) is 14.4. The van der Waals surface area contributed by atoms with Crippen molar-refractivity contribution in [3.8, 4) is 0 Å². The molecule has 0 N–H and O–H groups in total. The van der Waals surface area contributed by atoms with E-state index in [0.29, 0.717) is 19.8 Å². The molecule has 3 heterocycles. The number of aryl methyl sites for hydroxylation is 2. The van der Waals surface area contributed by atoms with Gasteiger partial charge in [-0.2, -0.15) is 0 Å². The van der Waals surface area contributed by atoms with Crippen molar-refractivity contribution < 1.29 is 28.6 Å². The van der Waals surface area contributed by atoms with Crippen LogP contribution >= 0.6 is 0 Å². The lowest BCUT2D eigenvalue weighted by atomic mass is 9.80. The van der Waals surface area contributed by atoms with Crippen molar-refractivity contribution in [1.82, 2.24) is 14.5 Å². The Kier molecular flexibility index (Phi) is 10.6. The molecule has 51 heavy (non-hydrogen) atoms. The van der Waals surface area contributed by atoms with E-state index in [1.807, 2.05) is 68.4 Å². The summed E-state index contributed by atoms with van der Waals surface area (Å²) in [5, 5.41) is 2.10. The highest BCUT2D eigenvalue weighted by Crippen LogP contribution is 2.37. The van der Waals surface area contributed by atoms with Gasteiger partial charge in [0.1, 0.15) is 11.2 Å². The average molecular weight is 690 g/mol. The van der Waals surface area contributed by atoms with Crippen LogP contribution in [0.4, 0.5) is 4.79 Å². The Hall–Kier alpha value is -5.02.